The van der Waals surface area contributed by atoms with E-state index in [-0.39, 0.29) is 0 Å². The fraction of sp³-hybridized carbons (Fsp3) is 0.364. The fourth-order valence-corrected chi connectivity index (χ4v) is 3.46. The van der Waals surface area contributed by atoms with Crippen molar-refractivity contribution in [3.8, 4) is 23.0 Å². The Bertz CT molecular complexity index is 698. The summed E-state index contributed by atoms with van der Waals surface area (Å²) >= 11 is 0. The van der Waals surface area contributed by atoms with Crippen molar-refractivity contribution >= 4 is 0 Å². The standard InChI is InChI=1S/C22H24O/c1-4-15-22(23-16-17(5-2)6-3)20-13-9-7-11-18(20)19-12-8-10-14-21(19)22/h7-14,17H,5-6,16H2,1-3H3. The van der Waals surface area contributed by atoms with Crippen LogP contribution >= 0.6 is 0 Å². The molecule has 1 aliphatic carbocycles. The maximum Gasteiger partial charge on any atom is 0.180 e. The molecule has 0 N–H and O–H groups in total. The largest absolute Gasteiger partial charge is 0.354 e. The number of benzene rings is 2. The number of hydrogen-bond acceptors (Lipinski definition) is 1. The summed E-state index contributed by atoms with van der Waals surface area (Å²) < 4.78 is 6.55. The van der Waals surface area contributed by atoms with Crippen LogP contribution in [0.5, 0.6) is 0 Å². The van der Waals surface area contributed by atoms with Crippen LogP contribution in [0.1, 0.15) is 44.7 Å². The van der Waals surface area contributed by atoms with Crippen LogP contribution in [-0.2, 0) is 10.3 Å². The van der Waals surface area contributed by atoms with Crippen molar-refractivity contribution in [3.05, 3.63) is 59.7 Å². The van der Waals surface area contributed by atoms with E-state index >= 15 is 0 Å². The Morgan fingerprint density at radius 2 is 1.43 bits per heavy atom. The quantitative estimate of drug-likeness (QED) is 0.673. The fourth-order valence-electron chi connectivity index (χ4n) is 3.46. The Hall–Kier alpha value is -2.04. The van der Waals surface area contributed by atoms with Crippen LogP contribution in [0.3, 0.4) is 0 Å². The van der Waals surface area contributed by atoms with Gasteiger partial charge in [-0.1, -0.05) is 81.1 Å². The van der Waals surface area contributed by atoms with E-state index in [0.29, 0.717) is 5.92 Å². The molecule has 0 atom stereocenters. The van der Waals surface area contributed by atoms with Gasteiger partial charge in [0.15, 0.2) is 5.60 Å². The maximum absolute atomic E-state index is 6.55. The summed E-state index contributed by atoms with van der Waals surface area (Å²) in [5, 5.41) is 0. The van der Waals surface area contributed by atoms with Crippen LogP contribution in [-0.4, -0.2) is 6.61 Å². The van der Waals surface area contributed by atoms with Crippen molar-refractivity contribution in [2.45, 2.75) is 39.2 Å². The molecular weight excluding hydrogens is 280 g/mol. The minimum atomic E-state index is -0.621. The molecule has 2 aromatic carbocycles. The lowest BCUT2D eigenvalue weighted by molar-refractivity contribution is 0.00522. The van der Waals surface area contributed by atoms with E-state index in [1.54, 1.807) is 0 Å². The molecule has 3 rings (SSSR count). The molecule has 0 aromatic heterocycles. The average Bonchev–Trinajstić information content (AvgIpc) is 2.88. The van der Waals surface area contributed by atoms with E-state index in [0.717, 1.165) is 19.4 Å². The Morgan fingerprint density at radius 3 is 1.91 bits per heavy atom. The summed E-state index contributed by atoms with van der Waals surface area (Å²) in [6.45, 7) is 7.09. The first-order chi connectivity index (χ1) is 11.3. The highest BCUT2D eigenvalue weighted by atomic mass is 16.5. The lowest BCUT2D eigenvalue weighted by atomic mass is 9.91. The first-order valence-corrected chi connectivity index (χ1v) is 8.54. The second kappa shape index (κ2) is 6.60. The summed E-state index contributed by atoms with van der Waals surface area (Å²) in [4.78, 5) is 0. The summed E-state index contributed by atoms with van der Waals surface area (Å²) in [6, 6.07) is 17.0. The molecule has 0 bridgehead atoms. The van der Waals surface area contributed by atoms with Gasteiger partial charge in [0, 0.05) is 11.1 Å². The molecule has 0 unspecified atom stereocenters. The Morgan fingerprint density at radius 1 is 0.913 bits per heavy atom. The molecule has 0 radical (unpaired) electrons. The van der Waals surface area contributed by atoms with Crippen molar-refractivity contribution in [2.75, 3.05) is 6.61 Å². The minimum absolute atomic E-state index is 0.574. The average molecular weight is 304 g/mol. The second-order valence-corrected chi connectivity index (χ2v) is 6.14. The molecule has 1 aliphatic rings. The van der Waals surface area contributed by atoms with Gasteiger partial charge in [-0.25, -0.2) is 0 Å². The van der Waals surface area contributed by atoms with E-state index in [1.165, 1.54) is 22.3 Å². The van der Waals surface area contributed by atoms with Crippen LogP contribution in [0.2, 0.25) is 0 Å². The summed E-state index contributed by atoms with van der Waals surface area (Å²) in [6.07, 6.45) is 2.27. The maximum atomic E-state index is 6.55. The van der Waals surface area contributed by atoms with Gasteiger partial charge < -0.3 is 4.74 Å². The van der Waals surface area contributed by atoms with Gasteiger partial charge in [-0.2, -0.15) is 0 Å². The van der Waals surface area contributed by atoms with Crippen molar-refractivity contribution in [1.82, 2.24) is 0 Å². The highest BCUT2D eigenvalue weighted by molar-refractivity contribution is 5.82. The van der Waals surface area contributed by atoms with Crippen LogP contribution in [0, 0.1) is 17.8 Å². The molecule has 23 heavy (non-hydrogen) atoms. The SMILES string of the molecule is CC#CC1(OCC(CC)CC)c2ccccc2-c2ccccc21. The summed E-state index contributed by atoms with van der Waals surface area (Å²) in [5.74, 6) is 7.09. The van der Waals surface area contributed by atoms with Crippen LogP contribution < -0.4 is 0 Å². The predicted molar refractivity (Wildman–Crippen MR) is 96.1 cm³/mol. The number of rotatable bonds is 5. The molecule has 1 nitrogen and oxygen atoms in total. The lowest BCUT2D eigenvalue weighted by Gasteiger charge is -2.29. The van der Waals surface area contributed by atoms with E-state index in [1.807, 2.05) is 6.92 Å². The van der Waals surface area contributed by atoms with Gasteiger partial charge in [0.05, 0.1) is 6.61 Å². The monoisotopic (exact) mass is 304 g/mol. The van der Waals surface area contributed by atoms with Gasteiger partial charge >= 0.3 is 0 Å². The second-order valence-electron chi connectivity index (χ2n) is 6.14. The summed E-state index contributed by atoms with van der Waals surface area (Å²) in [7, 11) is 0. The smallest absolute Gasteiger partial charge is 0.180 e. The molecule has 0 saturated carbocycles. The van der Waals surface area contributed by atoms with Crippen LogP contribution in [0.15, 0.2) is 48.5 Å². The highest BCUT2D eigenvalue weighted by Gasteiger charge is 2.43. The Labute approximate surface area is 139 Å². The van der Waals surface area contributed by atoms with Gasteiger partial charge in [0.25, 0.3) is 0 Å². The topological polar surface area (TPSA) is 9.23 Å². The van der Waals surface area contributed by atoms with Crippen molar-refractivity contribution in [1.29, 1.82) is 0 Å². The number of hydrogen-bond donors (Lipinski definition) is 0. The normalized spacial score (nSPS) is 14.1. The van der Waals surface area contributed by atoms with Gasteiger partial charge in [-0.3, -0.25) is 0 Å². The third kappa shape index (κ3) is 2.58. The molecule has 0 amide bonds. The highest BCUT2D eigenvalue weighted by Crippen LogP contribution is 2.49. The van der Waals surface area contributed by atoms with Gasteiger partial charge in [-0.05, 0) is 24.0 Å². The van der Waals surface area contributed by atoms with Gasteiger partial charge in [0.1, 0.15) is 0 Å². The first kappa shape index (κ1) is 15.8. The van der Waals surface area contributed by atoms with E-state index < -0.39 is 5.60 Å². The van der Waals surface area contributed by atoms with Crippen LogP contribution in [0.25, 0.3) is 11.1 Å². The third-order valence-electron chi connectivity index (χ3n) is 4.89. The van der Waals surface area contributed by atoms with Crippen molar-refractivity contribution in [2.24, 2.45) is 5.92 Å². The predicted octanol–water partition coefficient (Wildman–Crippen LogP) is 5.39. The molecule has 0 saturated heterocycles. The summed E-state index contributed by atoms with van der Waals surface area (Å²) in [5.41, 5.74) is 4.23. The zero-order valence-corrected chi connectivity index (χ0v) is 14.2. The molecule has 0 fully saturated rings. The van der Waals surface area contributed by atoms with Gasteiger partial charge in [-0.15, -0.1) is 5.92 Å². The van der Waals surface area contributed by atoms with Crippen molar-refractivity contribution in [3.63, 3.8) is 0 Å². The third-order valence-corrected chi connectivity index (χ3v) is 4.89. The molecule has 0 aliphatic heterocycles. The Balaban J connectivity index is 2.13. The first-order valence-electron chi connectivity index (χ1n) is 8.54. The van der Waals surface area contributed by atoms with E-state index in [9.17, 15) is 0 Å². The van der Waals surface area contributed by atoms with E-state index in [4.69, 9.17) is 4.74 Å². The van der Waals surface area contributed by atoms with E-state index in [2.05, 4.69) is 74.2 Å². The zero-order chi connectivity index (χ0) is 16.3. The molecular formula is C22H24O. The Kier molecular flexibility index (Phi) is 4.55. The van der Waals surface area contributed by atoms with Gasteiger partial charge in [0.2, 0.25) is 0 Å². The molecule has 0 spiro atoms. The zero-order valence-electron chi connectivity index (χ0n) is 14.2. The van der Waals surface area contributed by atoms with Crippen LogP contribution in [0.4, 0.5) is 0 Å². The molecule has 2 aromatic rings. The number of fused-ring (bicyclic) bond motifs is 3. The van der Waals surface area contributed by atoms with Crippen molar-refractivity contribution < 1.29 is 4.74 Å². The lowest BCUT2D eigenvalue weighted by Crippen LogP contribution is -2.29. The minimum Gasteiger partial charge on any atom is -0.354 e. The molecule has 118 valence electrons. The molecule has 0 heterocycles. The molecule has 1 heteroatoms. The number of ether oxygens (including phenoxy) is 1.